The quantitative estimate of drug-likeness (QED) is 0.481. The fourth-order valence-corrected chi connectivity index (χ4v) is 8.51. The molecule has 2 aromatic rings. The van der Waals surface area contributed by atoms with Crippen LogP contribution < -0.4 is 14.4 Å². The molecule has 3 aliphatic heterocycles. The van der Waals surface area contributed by atoms with Crippen molar-refractivity contribution in [1.82, 2.24) is 14.7 Å². The molecule has 44 heavy (non-hydrogen) atoms. The monoisotopic (exact) mass is 648 g/mol. The fourth-order valence-electron chi connectivity index (χ4n) is 7.04. The summed E-state index contributed by atoms with van der Waals surface area (Å²) in [7, 11) is -2.67. The zero-order valence-corrected chi connectivity index (χ0v) is 26.7. The van der Waals surface area contributed by atoms with Crippen molar-refractivity contribution in [3.63, 3.8) is 0 Å². The molecule has 4 heterocycles. The van der Waals surface area contributed by atoms with E-state index in [1.165, 1.54) is 26.3 Å². The number of allylic oxidation sites excluding steroid dienone is 1. The van der Waals surface area contributed by atoms with Crippen LogP contribution >= 0.6 is 11.6 Å². The molecule has 1 amide bonds. The van der Waals surface area contributed by atoms with E-state index in [4.69, 9.17) is 25.8 Å². The summed E-state index contributed by atoms with van der Waals surface area (Å²) in [4.78, 5) is 24.4. The van der Waals surface area contributed by atoms with Crippen LogP contribution in [-0.4, -0.2) is 75.2 Å². The summed E-state index contributed by atoms with van der Waals surface area (Å²) in [6.45, 7) is 4.85. The van der Waals surface area contributed by atoms with Crippen molar-refractivity contribution in [2.45, 2.75) is 68.8 Å². The topological polar surface area (TPSA) is 120 Å². The molecular formula is C31H38ClFN4O6S. The maximum atomic E-state index is 15.7. The highest BCUT2D eigenvalue weighted by Crippen LogP contribution is 2.44. The number of methoxy groups -OCH3 is 1. The number of amides is 1. The Labute approximate surface area is 262 Å². The van der Waals surface area contributed by atoms with E-state index in [-0.39, 0.29) is 23.9 Å². The molecule has 1 aromatic heterocycles. The first kappa shape index (κ1) is 31.2. The summed E-state index contributed by atoms with van der Waals surface area (Å²) in [5.74, 6) is -1.45. The number of rotatable bonds is 1. The average molecular weight is 649 g/mol. The second-order valence-electron chi connectivity index (χ2n) is 12.5. The Hall–Kier alpha value is -2.80. The lowest BCUT2D eigenvalue weighted by Crippen LogP contribution is -2.48. The first-order chi connectivity index (χ1) is 21.0. The summed E-state index contributed by atoms with van der Waals surface area (Å²) in [6, 6.07) is 5.95. The normalized spacial score (nSPS) is 33.3. The van der Waals surface area contributed by atoms with Crippen molar-refractivity contribution in [1.29, 1.82) is 0 Å². The third-order valence-electron chi connectivity index (χ3n) is 9.73. The predicted molar refractivity (Wildman–Crippen MR) is 163 cm³/mol. The van der Waals surface area contributed by atoms with Crippen molar-refractivity contribution in [3.05, 3.63) is 58.1 Å². The number of nitrogens with zero attached hydrogens (tertiary/aromatic N) is 3. The zero-order valence-electron chi connectivity index (χ0n) is 25.1. The van der Waals surface area contributed by atoms with Crippen molar-refractivity contribution in [3.8, 4) is 5.88 Å². The lowest BCUT2D eigenvalue weighted by molar-refractivity contribution is -0.0322. The molecule has 6 rings (SSSR count). The number of carbonyl (C=O) groups excluding carboxylic acids is 1. The summed E-state index contributed by atoms with van der Waals surface area (Å²) in [6.07, 6.45) is 4.56. The maximum absolute atomic E-state index is 15.7. The number of aromatic nitrogens is 2. The van der Waals surface area contributed by atoms with Gasteiger partial charge in [-0.05, 0) is 74.3 Å². The highest BCUT2D eigenvalue weighted by atomic mass is 35.5. The predicted octanol–water partition coefficient (Wildman–Crippen LogP) is 4.36. The molecule has 1 saturated heterocycles. The van der Waals surface area contributed by atoms with E-state index in [9.17, 15) is 13.2 Å². The molecule has 1 N–H and O–H groups in total. The summed E-state index contributed by atoms with van der Waals surface area (Å²) in [5.41, 5.74) is 1.73. The average Bonchev–Trinajstić information content (AvgIpc) is 3.39. The Morgan fingerprint density at radius 3 is 2.89 bits per heavy atom. The molecular weight excluding hydrogens is 611 g/mol. The van der Waals surface area contributed by atoms with E-state index in [2.05, 4.69) is 20.8 Å². The van der Waals surface area contributed by atoms with E-state index in [0.717, 1.165) is 30.4 Å². The smallest absolute Gasteiger partial charge is 0.285 e. The van der Waals surface area contributed by atoms with Gasteiger partial charge >= 0.3 is 0 Å². The van der Waals surface area contributed by atoms with Crippen LogP contribution in [0.4, 0.5) is 10.2 Å². The molecule has 238 valence electrons. The number of sulfonamides is 1. The number of nitrogens with one attached hydrogen (secondary N) is 1. The van der Waals surface area contributed by atoms with Crippen LogP contribution in [0.5, 0.6) is 5.88 Å². The molecule has 1 fully saturated rings. The Kier molecular flexibility index (Phi) is 8.64. The van der Waals surface area contributed by atoms with Gasteiger partial charge in [0.05, 0.1) is 17.6 Å². The van der Waals surface area contributed by atoms with Crippen LogP contribution in [0.2, 0.25) is 5.02 Å². The number of anilines is 1. The van der Waals surface area contributed by atoms with Crippen molar-refractivity contribution < 1.29 is 31.8 Å². The number of benzene rings is 1. The van der Waals surface area contributed by atoms with Gasteiger partial charge in [0, 0.05) is 43.2 Å². The van der Waals surface area contributed by atoms with Gasteiger partial charge in [-0.25, -0.2) is 27.5 Å². The molecule has 2 bridgehead atoms. The van der Waals surface area contributed by atoms with Gasteiger partial charge in [0.25, 0.3) is 11.8 Å². The minimum absolute atomic E-state index is 0.132. The molecule has 0 radical (unpaired) electrons. The van der Waals surface area contributed by atoms with Crippen LogP contribution in [0.1, 0.15) is 61.1 Å². The third-order valence-corrected chi connectivity index (χ3v) is 11.9. The first-order valence-corrected chi connectivity index (χ1v) is 17.0. The standard InChI is InChI=1S/C31H38ClFN4O6S/c1-18-6-9-24(33)27(41-3)26-21(10-12-42-26)15-37-16-31(11-4-5-20-13-22(32)7-8-23(20)31)17-43-30-28(37)35-25(14-34-30)29(38)36-44(39,40)19(18)2/h7-9,13-14,18-19,21,26-27H,4-6,10-12,15-17H2,1-3H3,(H,36,38)/b24-9-/t18-,19+,21-,26+,27+,31-/m0/s1. The fraction of sp³-hybridized carbons (Fsp3) is 0.581. The number of fused-ring (bicyclic) bond motifs is 4. The van der Waals surface area contributed by atoms with Crippen LogP contribution in [0.25, 0.3) is 0 Å². The summed E-state index contributed by atoms with van der Waals surface area (Å²) in [5, 5.41) is -0.318. The molecule has 1 aliphatic carbocycles. The van der Waals surface area contributed by atoms with Crippen molar-refractivity contribution in [2.24, 2.45) is 11.8 Å². The van der Waals surface area contributed by atoms with Crippen LogP contribution in [-0.2, 0) is 31.3 Å². The van der Waals surface area contributed by atoms with Gasteiger partial charge in [0.15, 0.2) is 5.82 Å². The molecule has 6 atom stereocenters. The van der Waals surface area contributed by atoms with Gasteiger partial charge in [-0.15, -0.1) is 0 Å². The first-order valence-electron chi connectivity index (χ1n) is 15.1. The van der Waals surface area contributed by atoms with Gasteiger partial charge in [-0.1, -0.05) is 24.6 Å². The van der Waals surface area contributed by atoms with E-state index in [1.807, 2.05) is 17.0 Å². The third kappa shape index (κ3) is 5.81. The Morgan fingerprint density at radius 1 is 1.27 bits per heavy atom. The van der Waals surface area contributed by atoms with Crippen LogP contribution in [0.3, 0.4) is 0 Å². The Morgan fingerprint density at radius 2 is 2.09 bits per heavy atom. The lowest BCUT2D eigenvalue weighted by Gasteiger charge is -2.41. The number of hydrogen-bond donors (Lipinski definition) is 1. The Bertz CT molecular complexity index is 1570. The number of halogens is 2. The number of carbonyl (C=O) groups is 1. The SMILES string of the molecule is CO[C@@H]1/C(F)=C/C[C@H](C)[C@@H](C)S(=O)(=O)NC(=O)c2cnc3c(n2)N(C[C@@H]2CCO[C@H]21)C[C@@]1(CCCc2cc(Cl)ccc21)CO3. The number of hydrogen-bond acceptors (Lipinski definition) is 9. The van der Waals surface area contributed by atoms with Gasteiger partial charge in [0.1, 0.15) is 24.2 Å². The minimum Gasteiger partial charge on any atom is -0.474 e. The Balaban J connectivity index is 1.46. The molecule has 0 saturated carbocycles. The number of aryl methyl sites for hydroxylation is 1. The lowest BCUT2D eigenvalue weighted by atomic mass is 9.70. The second-order valence-corrected chi connectivity index (χ2v) is 15.0. The van der Waals surface area contributed by atoms with Crippen molar-refractivity contribution in [2.75, 3.05) is 38.3 Å². The van der Waals surface area contributed by atoms with Gasteiger partial charge in [-0.2, -0.15) is 0 Å². The van der Waals surface area contributed by atoms with Crippen LogP contribution in [0.15, 0.2) is 36.3 Å². The van der Waals surface area contributed by atoms with Crippen LogP contribution in [0, 0.1) is 11.8 Å². The largest absolute Gasteiger partial charge is 0.474 e. The van der Waals surface area contributed by atoms with Gasteiger partial charge in [-0.3, -0.25) is 4.79 Å². The molecule has 10 nitrogen and oxygen atoms in total. The molecule has 1 spiro atoms. The maximum Gasteiger partial charge on any atom is 0.285 e. The molecule has 0 unspecified atom stereocenters. The second kappa shape index (κ2) is 12.2. The zero-order chi connectivity index (χ0) is 31.2. The van der Waals surface area contributed by atoms with E-state index in [0.29, 0.717) is 43.6 Å². The molecule has 13 heteroatoms. The van der Waals surface area contributed by atoms with E-state index < -0.39 is 50.5 Å². The molecule has 4 aliphatic rings. The number of ether oxygens (including phenoxy) is 3. The summed E-state index contributed by atoms with van der Waals surface area (Å²) >= 11 is 6.37. The highest BCUT2D eigenvalue weighted by molar-refractivity contribution is 7.90. The van der Waals surface area contributed by atoms with Gasteiger partial charge in [0.2, 0.25) is 10.0 Å². The highest BCUT2D eigenvalue weighted by Gasteiger charge is 2.45. The minimum atomic E-state index is -4.12. The van der Waals surface area contributed by atoms with E-state index in [1.54, 1.807) is 6.92 Å². The summed E-state index contributed by atoms with van der Waals surface area (Å²) < 4.78 is 62.3. The molecule has 1 aromatic carbocycles. The van der Waals surface area contributed by atoms with E-state index >= 15 is 4.39 Å². The van der Waals surface area contributed by atoms with Gasteiger partial charge < -0.3 is 19.1 Å². The van der Waals surface area contributed by atoms with Crippen molar-refractivity contribution >= 4 is 33.3 Å².